The van der Waals surface area contributed by atoms with E-state index in [0.29, 0.717) is 0 Å². The van der Waals surface area contributed by atoms with Crippen LogP contribution in [-0.4, -0.2) is 25.6 Å². The molecule has 1 N–H and O–H groups in total. The standard InChI is InChI=1S/C17H34O2Si/c1-8-10-11-12-14-15(18)16(13-9-2)19-20(6,7)17(3,4)5/h9,12-16,18H,8,10-11H2,1-7H3/b13-9+,14-12+/t15-,16+/m0/s1. The lowest BCUT2D eigenvalue weighted by Crippen LogP contribution is -2.46. The Morgan fingerprint density at radius 3 is 2.25 bits per heavy atom. The molecule has 0 unspecified atom stereocenters. The van der Waals surface area contributed by atoms with Crippen molar-refractivity contribution in [2.45, 2.75) is 84.2 Å². The molecule has 20 heavy (non-hydrogen) atoms. The fraction of sp³-hybridized carbons (Fsp3) is 0.765. The van der Waals surface area contributed by atoms with Crippen molar-refractivity contribution in [2.24, 2.45) is 0 Å². The van der Waals surface area contributed by atoms with E-state index in [9.17, 15) is 5.11 Å². The van der Waals surface area contributed by atoms with Gasteiger partial charge in [-0.15, -0.1) is 0 Å². The molecule has 0 aromatic rings. The Kier molecular flexibility index (Phi) is 8.64. The minimum absolute atomic E-state index is 0.151. The first-order valence-corrected chi connectivity index (χ1v) is 10.7. The van der Waals surface area contributed by atoms with Crippen LogP contribution >= 0.6 is 0 Å². The average molecular weight is 299 g/mol. The van der Waals surface area contributed by atoms with Crippen LogP contribution in [0.4, 0.5) is 0 Å². The van der Waals surface area contributed by atoms with E-state index in [1.165, 1.54) is 12.8 Å². The molecule has 2 nitrogen and oxygen atoms in total. The van der Waals surface area contributed by atoms with E-state index < -0.39 is 14.4 Å². The Hall–Kier alpha value is -0.383. The molecule has 0 amide bonds. The van der Waals surface area contributed by atoms with Gasteiger partial charge < -0.3 is 9.53 Å². The SMILES string of the molecule is C/C=C/[C@@H](O[Si](C)(C)C(C)(C)C)[C@@H](O)/C=C/CCCC. The van der Waals surface area contributed by atoms with Gasteiger partial charge in [0.05, 0.1) is 6.10 Å². The van der Waals surface area contributed by atoms with E-state index in [0.717, 1.165) is 6.42 Å². The lowest BCUT2D eigenvalue weighted by atomic mass is 10.1. The number of rotatable bonds is 8. The normalized spacial score (nSPS) is 17.0. The molecular formula is C17H34O2Si. The number of hydrogen-bond acceptors (Lipinski definition) is 2. The van der Waals surface area contributed by atoms with E-state index in [1.807, 2.05) is 25.2 Å². The van der Waals surface area contributed by atoms with Crippen molar-refractivity contribution in [3.8, 4) is 0 Å². The maximum Gasteiger partial charge on any atom is 0.193 e. The molecule has 0 bridgehead atoms. The zero-order valence-corrected chi connectivity index (χ0v) is 15.4. The van der Waals surface area contributed by atoms with Gasteiger partial charge in [-0.3, -0.25) is 0 Å². The van der Waals surface area contributed by atoms with Gasteiger partial charge in [0.15, 0.2) is 8.32 Å². The first-order chi connectivity index (χ1) is 9.15. The van der Waals surface area contributed by atoms with Crippen LogP contribution in [-0.2, 0) is 4.43 Å². The second-order valence-corrected chi connectivity index (χ2v) is 11.7. The van der Waals surface area contributed by atoms with Gasteiger partial charge in [-0.25, -0.2) is 0 Å². The second-order valence-electron chi connectivity index (χ2n) is 6.93. The summed E-state index contributed by atoms with van der Waals surface area (Å²) in [7, 11) is -1.87. The third kappa shape index (κ3) is 6.87. The molecule has 118 valence electrons. The summed E-state index contributed by atoms with van der Waals surface area (Å²) in [6.45, 7) is 15.2. The van der Waals surface area contributed by atoms with E-state index in [1.54, 1.807) is 0 Å². The molecule has 0 aromatic heterocycles. The number of allylic oxidation sites excluding steroid dienone is 2. The predicted octanol–water partition coefficient (Wildman–Crippen LogP) is 5.06. The van der Waals surface area contributed by atoms with Gasteiger partial charge in [0, 0.05) is 0 Å². The Balaban J connectivity index is 4.76. The van der Waals surface area contributed by atoms with Crippen molar-refractivity contribution < 1.29 is 9.53 Å². The Morgan fingerprint density at radius 1 is 1.20 bits per heavy atom. The summed E-state index contributed by atoms with van der Waals surface area (Å²) >= 11 is 0. The van der Waals surface area contributed by atoms with Crippen LogP contribution in [0.3, 0.4) is 0 Å². The third-order valence-electron chi connectivity index (χ3n) is 4.01. The Morgan fingerprint density at radius 2 is 1.80 bits per heavy atom. The molecule has 0 heterocycles. The molecule has 0 saturated heterocycles. The molecule has 0 aliphatic rings. The minimum atomic E-state index is -1.87. The molecule has 0 rings (SSSR count). The number of hydrogen-bond donors (Lipinski definition) is 1. The highest BCUT2D eigenvalue weighted by molar-refractivity contribution is 6.74. The van der Waals surface area contributed by atoms with Crippen LogP contribution in [0.2, 0.25) is 18.1 Å². The Labute approximate surface area is 127 Å². The molecule has 0 aromatic carbocycles. The van der Waals surface area contributed by atoms with E-state index in [2.05, 4.69) is 46.9 Å². The summed E-state index contributed by atoms with van der Waals surface area (Å²) in [5.74, 6) is 0. The van der Waals surface area contributed by atoms with E-state index in [4.69, 9.17) is 4.43 Å². The first kappa shape index (κ1) is 19.6. The van der Waals surface area contributed by atoms with Gasteiger partial charge in [-0.05, 0) is 31.5 Å². The molecule has 0 radical (unpaired) electrons. The third-order valence-corrected chi connectivity index (χ3v) is 8.49. The van der Waals surface area contributed by atoms with Crippen LogP contribution in [0.1, 0.15) is 53.9 Å². The van der Waals surface area contributed by atoms with Crippen molar-refractivity contribution in [3.63, 3.8) is 0 Å². The van der Waals surface area contributed by atoms with Gasteiger partial charge in [0.1, 0.15) is 6.10 Å². The fourth-order valence-corrected chi connectivity index (χ4v) is 2.85. The average Bonchev–Trinajstić information content (AvgIpc) is 2.32. The van der Waals surface area contributed by atoms with Crippen molar-refractivity contribution in [1.82, 2.24) is 0 Å². The van der Waals surface area contributed by atoms with Crippen LogP contribution in [0.15, 0.2) is 24.3 Å². The molecule has 0 saturated carbocycles. The van der Waals surface area contributed by atoms with Crippen molar-refractivity contribution in [2.75, 3.05) is 0 Å². The molecule has 0 aliphatic heterocycles. The van der Waals surface area contributed by atoms with Crippen molar-refractivity contribution >= 4 is 8.32 Å². The maximum absolute atomic E-state index is 10.3. The quantitative estimate of drug-likeness (QED) is 0.385. The summed E-state index contributed by atoms with van der Waals surface area (Å²) in [6.07, 6.45) is 10.5. The largest absolute Gasteiger partial charge is 0.408 e. The maximum atomic E-state index is 10.3. The molecule has 2 atom stereocenters. The highest BCUT2D eigenvalue weighted by Crippen LogP contribution is 2.37. The molecule has 0 aliphatic carbocycles. The monoisotopic (exact) mass is 298 g/mol. The van der Waals surface area contributed by atoms with Crippen LogP contribution in [0.25, 0.3) is 0 Å². The van der Waals surface area contributed by atoms with Crippen LogP contribution in [0, 0.1) is 0 Å². The van der Waals surface area contributed by atoms with Gasteiger partial charge in [-0.1, -0.05) is 64.8 Å². The fourth-order valence-electron chi connectivity index (χ4n) is 1.60. The van der Waals surface area contributed by atoms with Crippen molar-refractivity contribution in [1.29, 1.82) is 0 Å². The van der Waals surface area contributed by atoms with Crippen molar-refractivity contribution in [3.05, 3.63) is 24.3 Å². The Bertz CT molecular complexity index is 313. The number of aliphatic hydroxyl groups excluding tert-OH is 1. The highest BCUT2D eigenvalue weighted by Gasteiger charge is 2.39. The van der Waals surface area contributed by atoms with Crippen LogP contribution < -0.4 is 0 Å². The zero-order valence-electron chi connectivity index (χ0n) is 14.4. The van der Waals surface area contributed by atoms with Crippen LogP contribution in [0.5, 0.6) is 0 Å². The lowest BCUT2D eigenvalue weighted by molar-refractivity contribution is 0.0872. The lowest BCUT2D eigenvalue weighted by Gasteiger charge is -2.39. The zero-order chi connectivity index (χ0) is 15.8. The summed E-state index contributed by atoms with van der Waals surface area (Å²) in [6, 6.07) is 0. The molecular weight excluding hydrogens is 264 g/mol. The molecule has 0 fully saturated rings. The van der Waals surface area contributed by atoms with Gasteiger partial charge >= 0.3 is 0 Å². The summed E-state index contributed by atoms with van der Waals surface area (Å²) in [5.41, 5.74) is 0. The first-order valence-electron chi connectivity index (χ1n) is 7.81. The second kappa shape index (κ2) is 8.80. The summed E-state index contributed by atoms with van der Waals surface area (Å²) in [4.78, 5) is 0. The summed E-state index contributed by atoms with van der Waals surface area (Å²) < 4.78 is 6.31. The summed E-state index contributed by atoms with van der Waals surface area (Å²) in [5, 5.41) is 10.5. The topological polar surface area (TPSA) is 29.5 Å². The number of aliphatic hydroxyl groups is 1. The predicted molar refractivity (Wildman–Crippen MR) is 91.6 cm³/mol. The molecule has 0 spiro atoms. The van der Waals surface area contributed by atoms with E-state index in [-0.39, 0.29) is 11.1 Å². The minimum Gasteiger partial charge on any atom is -0.408 e. The van der Waals surface area contributed by atoms with Gasteiger partial charge in [-0.2, -0.15) is 0 Å². The highest BCUT2D eigenvalue weighted by atomic mass is 28.4. The number of unbranched alkanes of at least 4 members (excludes halogenated alkanes) is 2. The van der Waals surface area contributed by atoms with E-state index >= 15 is 0 Å². The molecule has 3 heteroatoms. The van der Waals surface area contributed by atoms with Gasteiger partial charge in [0.2, 0.25) is 0 Å². The van der Waals surface area contributed by atoms with Gasteiger partial charge in [0.25, 0.3) is 0 Å². The smallest absolute Gasteiger partial charge is 0.193 e.